The molecule has 1 aliphatic rings. The van der Waals surface area contributed by atoms with Crippen molar-refractivity contribution in [2.45, 2.75) is 13.3 Å². The maximum Gasteiger partial charge on any atom is 0.337 e. The quantitative estimate of drug-likeness (QED) is 0.668. The van der Waals surface area contributed by atoms with Crippen LogP contribution in [0, 0.1) is 12.8 Å². The van der Waals surface area contributed by atoms with Gasteiger partial charge < -0.3 is 15.0 Å². The molecule has 0 bridgehead atoms. The number of hydrogen-bond donors (Lipinski definition) is 1. The van der Waals surface area contributed by atoms with Crippen molar-refractivity contribution in [1.29, 1.82) is 0 Å². The van der Waals surface area contributed by atoms with Crippen molar-refractivity contribution in [3.63, 3.8) is 0 Å². The SMILES string of the molecule is COC(=O)c1ccc(NC(=O)C2CC(=O)N(c3ccc4sc(C)nc4c3)C2)cc1. The van der Waals surface area contributed by atoms with Gasteiger partial charge in [0.25, 0.3) is 0 Å². The molecule has 148 valence electrons. The maximum atomic E-state index is 12.6. The van der Waals surface area contributed by atoms with Crippen LogP contribution in [0.15, 0.2) is 42.5 Å². The third-order valence-electron chi connectivity index (χ3n) is 4.86. The molecule has 1 fully saturated rings. The topological polar surface area (TPSA) is 88.6 Å². The van der Waals surface area contributed by atoms with E-state index >= 15 is 0 Å². The lowest BCUT2D eigenvalue weighted by Crippen LogP contribution is -2.28. The van der Waals surface area contributed by atoms with Gasteiger partial charge in [-0.25, -0.2) is 9.78 Å². The minimum Gasteiger partial charge on any atom is -0.465 e. The Kier molecular flexibility index (Phi) is 5.02. The number of hydrogen-bond acceptors (Lipinski definition) is 6. The fraction of sp³-hybridized carbons (Fsp3) is 0.238. The van der Waals surface area contributed by atoms with E-state index in [1.54, 1.807) is 40.5 Å². The van der Waals surface area contributed by atoms with E-state index in [-0.39, 0.29) is 18.2 Å². The minimum atomic E-state index is -0.448. The molecule has 1 N–H and O–H groups in total. The summed E-state index contributed by atoms with van der Waals surface area (Å²) in [6.07, 6.45) is 0.153. The van der Waals surface area contributed by atoms with Crippen LogP contribution >= 0.6 is 11.3 Å². The highest BCUT2D eigenvalue weighted by Crippen LogP contribution is 2.30. The second-order valence-corrected chi connectivity index (χ2v) is 8.08. The average Bonchev–Trinajstić information content (AvgIpc) is 3.29. The highest BCUT2D eigenvalue weighted by molar-refractivity contribution is 7.18. The highest BCUT2D eigenvalue weighted by atomic mass is 32.1. The van der Waals surface area contributed by atoms with E-state index in [2.05, 4.69) is 15.0 Å². The van der Waals surface area contributed by atoms with Gasteiger partial charge in [0, 0.05) is 24.3 Å². The van der Waals surface area contributed by atoms with Crippen LogP contribution in [0.25, 0.3) is 10.2 Å². The first kappa shape index (κ1) is 19.1. The number of nitrogens with zero attached hydrogens (tertiary/aromatic N) is 2. The van der Waals surface area contributed by atoms with Crippen LogP contribution in [-0.2, 0) is 14.3 Å². The summed E-state index contributed by atoms with van der Waals surface area (Å²) in [5.41, 5.74) is 2.58. The number of methoxy groups -OCH3 is 1. The number of fused-ring (bicyclic) bond motifs is 1. The molecule has 0 saturated carbocycles. The molecule has 2 aromatic carbocycles. The van der Waals surface area contributed by atoms with E-state index in [0.717, 1.165) is 20.9 Å². The molecule has 1 aromatic heterocycles. The van der Waals surface area contributed by atoms with Crippen molar-refractivity contribution < 1.29 is 19.1 Å². The van der Waals surface area contributed by atoms with Gasteiger partial charge in [0.15, 0.2) is 0 Å². The fourth-order valence-corrected chi connectivity index (χ4v) is 4.19. The number of aryl methyl sites for hydroxylation is 1. The number of esters is 1. The lowest BCUT2D eigenvalue weighted by Gasteiger charge is -2.16. The second-order valence-electron chi connectivity index (χ2n) is 6.85. The Morgan fingerprint density at radius 2 is 1.97 bits per heavy atom. The van der Waals surface area contributed by atoms with Gasteiger partial charge in [0.05, 0.1) is 33.8 Å². The van der Waals surface area contributed by atoms with Crippen LogP contribution in [0.4, 0.5) is 11.4 Å². The molecule has 8 heteroatoms. The Morgan fingerprint density at radius 3 is 2.69 bits per heavy atom. The lowest BCUT2D eigenvalue weighted by atomic mass is 10.1. The van der Waals surface area contributed by atoms with E-state index < -0.39 is 11.9 Å². The minimum absolute atomic E-state index is 0.0857. The molecule has 7 nitrogen and oxygen atoms in total. The number of nitrogens with one attached hydrogen (secondary N) is 1. The number of carbonyl (C=O) groups excluding carboxylic acids is 3. The largest absolute Gasteiger partial charge is 0.465 e. The third kappa shape index (κ3) is 3.84. The monoisotopic (exact) mass is 409 g/mol. The summed E-state index contributed by atoms with van der Waals surface area (Å²) in [6.45, 7) is 2.27. The van der Waals surface area contributed by atoms with E-state index in [1.165, 1.54) is 7.11 Å². The van der Waals surface area contributed by atoms with Crippen molar-refractivity contribution in [2.24, 2.45) is 5.92 Å². The van der Waals surface area contributed by atoms with Crippen LogP contribution in [0.2, 0.25) is 0 Å². The molecule has 1 unspecified atom stereocenters. The van der Waals surface area contributed by atoms with E-state index in [4.69, 9.17) is 0 Å². The van der Waals surface area contributed by atoms with Crippen LogP contribution < -0.4 is 10.2 Å². The summed E-state index contributed by atoms with van der Waals surface area (Å²) in [4.78, 5) is 42.7. The zero-order chi connectivity index (χ0) is 20.5. The molecular weight excluding hydrogens is 390 g/mol. The Hall–Kier alpha value is -3.26. The summed E-state index contributed by atoms with van der Waals surface area (Å²) < 4.78 is 5.73. The summed E-state index contributed by atoms with van der Waals surface area (Å²) in [5.74, 6) is -1.20. The first-order valence-electron chi connectivity index (χ1n) is 9.11. The van der Waals surface area contributed by atoms with Gasteiger partial charge in [-0.15, -0.1) is 11.3 Å². The van der Waals surface area contributed by atoms with Crippen LogP contribution in [0.1, 0.15) is 21.8 Å². The van der Waals surface area contributed by atoms with Gasteiger partial charge in [-0.3, -0.25) is 9.59 Å². The summed E-state index contributed by atoms with van der Waals surface area (Å²) >= 11 is 1.61. The van der Waals surface area contributed by atoms with Gasteiger partial charge in [0.1, 0.15) is 0 Å². The second kappa shape index (κ2) is 7.63. The Morgan fingerprint density at radius 1 is 1.21 bits per heavy atom. The zero-order valence-corrected chi connectivity index (χ0v) is 16.8. The lowest BCUT2D eigenvalue weighted by molar-refractivity contribution is -0.122. The number of amides is 2. The van der Waals surface area contributed by atoms with Crippen molar-refractivity contribution >= 4 is 50.7 Å². The number of benzene rings is 2. The summed E-state index contributed by atoms with van der Waals surface area (Å²) in [5, 5.41) is 3.79. The van der Waals surface area contributed by atoms with Crippen LogP contribution in [0.3, 0.4) is 0 Å². The third-order valence-corrected chi connectivity index (χ3v) is 5.81. The molecule has 29 heavy (non-hydrogen) atoms. The average molecular weight is 409 g/mol. The predicted molar refractivity (Wildman–Crippen MR) is 111 cm³/mol. The summed E-state index contributed by atoms with van der Waals surface area (Å²) in [7, 11) is 1.31. The van der Waals surface area contributed by atoms with E-state index in [9.17, 15) is 14.4 Å². The first-order valence-corrected chi connectivity index (χ1v) is 9.93. The molecule has 1 saturated heterocycles. The molecule has 2 heterocycles. The Balaban J connectivity index is 1.45. The molecule has 0 aliphatic carbocycles. The molecule has 0 radical (unpaired) electrons. The Bertz CT molecular complexity index is 1110. The number of aromatic nitrogens is 1. The maximum absolute atomic E-state index is 12.6. The van der Waals surface area contributed by atoms with Gasteiger partial charge in [-0.1, -0.05) is 0 Å². The van der Waals surface area contributed by atoms with Crippen molar-refractivity contribution in [2.75, 3.05) is 23.9 Å². The summed E-state index contributed by atoms with van der Waals surface area (Å²) in [6, 6.07) is 12.2. The number of anilines is 2. The molecule has 4 rings (SSSR count). The zero-order valence-electron chi connectivity index (χ0n) is 16.0. The van der Waals surface area contributed by atoms with Gasteiger partial charge in [-0.05, 0) is 49.4 Å². The molecule has 2 amide bonds. The fourth-order valence-electron chi connectivity index (χ4n) is 3.38. The molecular formula is C21H19N3O4S. The van der Waals surface area contributed by atoms with Crippen molar-refractivity contribution in [3.8, 4) is 0 Å². The number of ether oxygens (including phenoxy) is 1. The number of rotatable bonds is 4. The Labute approximate surface area is 171 Å². The number of thiazole rings is 1. The van der Waals surface area contributed by atoms with Crippen molar-refractivity contribution in [3.05, 3.63) is 53.0 Å². The smallest absolute Gasteiger partial charge is 0.337 e. The first-order chi connectivity index (χ1) is 13.9. The molecule has 0 spiro atoms. The normalized spacial score (nSPS) is 16.3. The van der Waals surface area contributed by atoms with Gasteiger partial charge in [-0.2, -0.15) is 0 Å². The van der Waals surface area contributed by atoms with Crippen LogP contribution in [-0.4, -0.2) is 36.4 Å². The van der Waals surface area contributed by atoms with Gasteiger partial charge >= 0.3 is 5.97 Å². The number of carbonyl (C=O) groups is 3. The highest BCUT2D eigenvalue weighted by Gasteiger charge is 2.35. The molecule has 1 atom stereocenters. The van der Waals surface area contributed by atoms with E-state index in [1.807, 2.05) is 25.1 Å². The molecule has 1 aliphatic heterocycles. The standard InChI is InChI=1S/C21H19N3O4S/c1-12-22-17-10-16(7-8-18(17)29-12)24-11-14(9-19(24)25)20(26)23-15-5-3-13(4-6-15)21(27)28-2/h3-8,10,14H,9,11H2,1-2H3,(H,23,26). The predicted octanol–water partition coefficient (Wildman–Crippen LogP) is 3.38. The van der Waals surface area contributed by atoms with Gasteiger partial charge in [0.2, 0.25) is 11.8 Å². The van der Waals surface area contributed by atoms with Crippen molar-refractivity contribution in [1.82, 2.24) is 4.98 Å². The van der Waals surface area contributed by atoms with Crippen LogP contribution in [0.5, 0.6) is 0 Å². The molecule has 3 aromatic rings. The van der Waals surface area contributed by atoms with E-state index in [0.29, 0.717) is 17.8 Å².